The summed E-state index contributed by atoms with van der Waals surface area (Å²) in [5, 5.41) is 23.9. The molecule has 0 amide bonds. The molecule has 2 aromatic carbocycles. The molecule has 2 heterocycles. The predicted molar refractivity (Wildman–Crippen MR) is 99.6 cm³/mol. The number of nitrogens with one attached hydrogen (secondary N) is 1. The third-order valence-corrected chi connectivity index (χ3v) is 3.94. The molecule has 10 heteroatoms. The van der Waals surface area contributed by atoms with E-state index in [-0.39, 0.29) is 23.0 Å². The number of phenols is 1. The zero-order valence-electron chi connectivity index (χ0n) is 14.5. The second-order valence-corrected chi connectivity index (χ2v) is 5.71. The van der Waals surface area contributed by atoms with Gasteiger partial charge in [0, 0.05) is 29.4 Å². The van der Waals surface area contributed by atoms with E-state index in [1.807, 2.05) is 0 Å². The summed E-state index contributed by atoms with van der Waals surface area (Å²) in [7, 11) is 1.46. The Morgan fingerprint density at radius 1 is 1.21 bits per heavy atom. The Morgan fingerprint density at radius 2 is 2.07 bits per heavy atom. The van der Waals surface area contributed by atoms with Crippen molar-refractivity contribution in [3.05, 3.63) is 58.9 Å². The number of hydrogen-bond acceptors (Lipinski definition) is 9. The van der Waals surface area contributed by atoms with Gasteiger partial charge in [0.25, 0.3) is 11.4 Å². The van der Waals surface area contributed by atoms with Crippen LogP contribution in [0.4, 0.5) is 17.2 Å². The van der Waals surface area contributed by atoms with Crippen molar-refractivity contribution >= 4 is 28.4 Å². The normalized spacial score (nSPS) is 10.8. The number of anilines is 2. The molecular weight excluding hydrogens is 366 g/mol. The molecule has 0 atom stereocenters. The summed E-state index contributed by atoms with van der Waals surface area (Å²) in [6, 6.07) is 10.7. The zero-order chi connectivity index (χ0) is 19.7. The molecule has 0 spiro atoms. The predicted octanol–water partition coefficient (Wildman–Crippen LogP) is 3.65. The van der Waals surface area contributed by atoms with Crippen molar-refractivity contribution < 1.29 is 19.2 Å². The van der Waals surface area contributed by atoms with Gasteiger partial charge in [-0.25, -0.2) is 9.97 Å². The van der Waals surface area contributed by atoms with Crippen molar-refractivity contribution in [2.45, 2.75) is 0 Å². The largest absolute Gasteiger partial charge is 0.504 e. The summed E-state index contributed by atoms with van der Waals surface area (Å²) in [5.41, 5.74) is 1.49. The first-order chi connectivity index (χ1) is 13.5. The molecule has 0 radical (unpaired) electrons. The first-order valence-corrected chi connectivity index (χ1v) is 8.05. The Bertz CT molecular complexity index is 1190. The van der Waals surface area contributed by atoms with Gasteiger partial charge in [0.15, 0.2) is 22.8 Å². The lowest BCUT2D eigenvalue weighted by atomic mass is 10.2. The number of aromatic nitrogens is 3. The average molecular weight is 379 g/mol. The number of nitrogens with zero attached hydrogens (tertiary/aromatic N) is 4. The topological polar surface area (TPSA) is 136 Å². The quantitative estimate of drug-likeness (QED) is 0.393. The molecule has 4 aromatic rings. The van der Waals surface area contributed by atoms with Crippen LogP contribution in [0, 0.1) is 10.1 Å². The van der Waals surface area contributed by atoms with Gasteiger partial charge in [-0.05, 0) is 18.2 Å². The van der Waals surface area contributed by atoms with E-state index in [1.54, 1.807) is 24.3 Å². The van der Waals surface area contributed by atoms with Crippen LogP contribution in [0.3, 0.4) is 0 Å². The number of nitro benzene ring substituents is 1. The monoisotopic (exact) mass is 379 g/mol. The number of methoxy groups -OCH3 is 1. The summed E-state index contributed by atoms with van der Waals surface area (Å²) in [5.74, 6) is 0.845. The number of oxazole rings is 1. The van der Waals surface area contributed by atoms with Gasteiger partial charge >= 0.3 is 0 Å². The van der Waals surface area contributed by atoms with E-state index in [4.69, 9.17) is 9.15 Å². The first-order valence-electron chi connectivity index (χ1n) is 8.05. The van der Waals surface area contributed by atoms with E-state index in [0.29, 0.717) is 28.3 Å². The average Bonchev–Trinajstić information content (AvgIpc) is 3.14. The Hall–Kier alpha value is -4.21. The number of aromatic hydroxyl groups is 1. The number of rotatable bonds is 5. The molecule has 0 aliphatic carbocycles. The van der Waals surface area contributed by atoms with Gasteiger partial charge in [0.1, 0.15) is 6.33 Å². The van der Waals surface area contributed by atoms with Gasteiger partial charge in [-0.1, -0.05) is 6.07 Å². The number of non-ortho nitro benzene ring substituents is 1. The van der Waals surface area contributed by atoms with Crippen molar-refractivity contribution in [1.29, 1.82) is 0 Å². The standard InChI is InChI=1S/C18H13N5O5/c1-27-14-6-5-11(8-13(14)24)21-16-15-18(20-9-19-16)28-17(22-15)10-3-2-4-12(7-10)23(25)26/h2-9,24H,1H3,(H,19,20,21). The fourth-order valence-corrected chi connectivity index (χ4v) is 2.63. The Kier molecular flexibility index (Phi) is 4.20. The van der Waals surface area contributed by atoms with Gasteiger partial charge in [0.05, 0.1) is 12.0 Å². The molecule has 0 unspecified atom stereocenters. The molecule has 0 fully saturated rings. The van der Waals surface area contributed by atoms with Crippen molar-refractivity contribution in [2.24, 2.45) is 0 Å². The maximum absolute atomic E-state index is 11.0. The molecule has 28 heavy (non-hydrogen) atoms. The number of hydrogen-bond donors (Lipinski definition) is 2. The van der Waals surface area contributed by atoms with E-state index in [1.165, 1.54) is 31.6 Å². The minimum absolute atomic E-state index is 0.0322. The number of fused-ring (bicyclic) bond motifs is 1. The molecule has 140 valence electrons. The van der Waals surface area contributed by atoms with Gasteiger partial charge < -0.3 is 19.6 Å². The highest BCUT2D eigenvalue weighted by Crippen LogP contribution is 2.32. The molecule has 0 aliphatic rings. The highest BCUT2D eigenvalue weighted by molar-refractivity contribution is 5.85. The van der Waals surface area contributed by atoms with Crippen molar-refractivity contribution in [3.8, 4) is 23.0 Å². The van der Waals surface area contributed by atoms with E-state index in [2.05, 4.69) is 20.3 Å². The molecule has 2 aromatic heterocycles. The van der Waals surface area contributed by atoms with Crippen LogP contribution in [0.25, 0.3) is 22.7 Å². The van der Waals surface area contributed by atoms with E-state index >= 15 is 0 Å². The van der Waals surface area contributed by atoms with Crippen LogP contribution >= 0.6 is 0 Å². The summed E-state index contributed by atoms with van der Waals surface area (Å²) in [6.45, 7) is 0. The third-order valence-electron chi connectivity index (χ3n) is 3.94. The number of ether oxygens (including phenoxy) is 1. The van der Waals surface area contributed by atoms with Gasteiger partial charge in [0.2, 0.25) is 5.89 Å². The van der Waals surface area contributed by atoms with Gasteiger partial charge in [-0.2, -0.15) is 4.98 Å². The number of phenolic OH excluding ortho intramolecular Hbond substituents is 1. The summed E-state index contributed by atoms with van der Waals surface area (Å²) < 4.78 is 10.7. The molecule has 0 bridgehead atoms. The second-order valence-electron chi connectivity index (χ2n) is 5.71. The smallest absolute Gasteiger partial charge is 0.270 e. The lowest BCUT2D eigenvalue weighted by Gasteiger charge is -2.08. The van der Waals surface area contributed by atoms with Crippen LogP contribution in [0.1, 0.15) is 0 Å². The number of benzene rings is 2. The molecule has 2 N–H and O–H groups in total. The van der Waals surface area contributed by atoms with Crippen LogP contribution < -0.4 is 10.1 Å². The maximum Gasteiger partial charge on any atom is 0.270 e. The minimum atomic E-state index is -0.491. The molecule has 4 rings (SSSR count). The van der Waals surface area contributed by atoms with Gasteiger partial charge in [-0.3, -0.25) is 10.1 Å². The third kappa shape index (κ3) is 3.14. The molecular formula is C18H13N5O5. The summed E-state index contributed by atoms with van der Waals surface area (Å²) >= 11 is 0. The first kappa shape index (κ1) is 17.2. The van der Waals surface area contributed by atoms with E-state index in [9.17, 15) is 15.2 Å². The van der Waals surface area contributed by atoms with Crippen molar-refractivity contribution in [3.63, 3.8) is 0 Å². The Morgan fingerprint density at radius 3 is 2.82 bits per heavy atom. The van der Waals surface area contributed by atoms with Crippen LogP contribution in [-0.2, 0) is 0 Å². The van der Waals surface area contributed by atoms with Crippen LogP contribution in [-0.4, -0.2) is 32.1 Å². The van der Waals surface area contributed by atoms with Gasteiger partial charge in [-0.15, -0.1) is 0 Å². The molecule has 0 saturated carbocycles. The molecule has 0 saturated heterocycles. The van der Waals surface area contributed by atoms with E-state index in [0.717, 1.165) is 0 Å². The number of nitro groups is 1. The summed E-state index contributed by atoms with van der Waals surface area (Å²) in [4.78, 5) is 23.1. The van der Waals surface area contributed by atoms with Crippen LogP contribution in [0.2, 0.25) is 0 Å². The Balaban J connectivity index is 1.72. The molecule has 0 aliphatic heterocycles. The second kappa shape index (κ2) is 6.83. The van der Waals surface area contributed by atoms with Crippen molar-refractivity contribution in [2.75, 3.05) is 12.4 Å². The van der Waals surface area contributed by atoms with E-state index < -0.39 is 4.92 Å². The fourth-order valence-electron chi connectivity index (χ4n) is 2.63. The van der Waals surface area contributed by atoms with Crippen LogP contribution in [0.15, 0.2) is 53.2 Å². The highest BCUT2D eigenvalue weighted by atomic mass is 16.6. The van der Waals surface area contributed by atoms with Crippen molar-refractivity contribution in [1.82, 2.24) is 15.0 Å². The SMILES string of the molecule is COc1ccc(Nc2ncnc3oc(-c4cccc([N+](=O)[O-])c4)nc23)cc1O. The lowest BCUT2D eigenvalue weighted by Crippen LogP contribution is -1.96. The fraction of sp³-hybridized carbons (Fsp3) is 0.0556. The maximum atomic E-state index is 11.0. The lowest BCUT2D eigenvalue weighted by molar-refractivity contribution is -0.384. The zero-order valence-corrected chi connectivity index (χ0v) is 14.5. The highest BCUT2D eigenvalue weighted by Gasteiger charge is 2.16. The Labute approximate surface area is 157 Å². The summed E-state index contributed by atoms with van der Waals surface area (Å²) in [6.07, 6.45) is 1.30. The minimum Gasteiger partial charge on any atom is -0.504 e. The molecule has 10 nitrogen and oxygen atoms in total. The van der Waals surface area contributed by atoms with Crippen LogP contribution in [0.5, 0.6) is 11.5 Å².